The summed E-state index contributed by atoms with van der Waals surface area (Å²) in [5.74, 6) is 0.0760. The second-order valence-electron chi connectivity index (χ2n) is 1.43. The van der Waals surface area contributed by atoms with Gasteiger partial charge in [0.2, 0.25) is 0 Å². The Bertz CT molecular complexity index is 139. The predicted octanol–water partition coefficient (Wildman–Crippen LogP) is -0.405. The average molecular weight is 155 g/mol. The van der Waals surface area contributed by atoms with Crippen LogP contribution in [0.1, 0.15) is 6.42 Å². The third-order valence-corrected chi connectivity index (χ3v) is 1.96. The summed E-state index contributed by atoms with van der Waals surface area (Å²) in [5, 5.41) is 0. The Kier molecular flexibility index (Phi) is 3.43. The zero-order chi connectivity index (χ0) is 6.62. The van der Waals surface area contributed by atoms with Gasteiger partial charge in [0.05, 0.1) is 5.75 Å². The van der Waals surface area contributed by atoms with Crippen LogP contribution in [-0.2, 0) is 8.87 Å². The molecule has 0 saturated carbocycles. The first-order valence-corrected chi connectivity index (χ1v) is 4.92. The van der Waals surface area contributed by atoms with Crippen LogP contribution in [0.4, 0.5) is 0 Å². The highest BCUT2D eigenvalue weighted by molar-refractivity contribution is 8.63. The zero-order valence-electron chi connectivity index (χ0n) is 4.37. The van der Waals surface area contributed by atoms with Gasteiger partial charge in [-0.1, -0.05) is 0 Å². The van der Waals surface area contributed by atoms with E-state index >= 15 is 0 Å². The first-order chi connectivity index (χ1) is 3.56. The smallest absolute Gasteiger partial charge is 0.198 e. The molecule has 50 valence electrons. The summed E-state index contributed by atoms with van der Waals surface area (Å²) in [4.78, 5) is 0. The molecule has 0 saturated heterocycles. The molecule has 0 fully saturated rings. The molecule has 0 rings (SSSR count). The van der Waals surface area contributed by atoms with Crippen LogP contribution in [0.3, 0.4) is 0 Å². The molecule has 8 heavy (non-hydrogen) atoms. The molecule has 0 atom stereocenters. The molecule has 0 unspecified atom stereocenters. The van der Waals surface area contributed by atoms with Gasteiger partial charge in [-0.15, -0.1) is 0 Å². The maximum atomic E-state index is 10.2. The SMILES string of the molecule is NCCCS(=O)(=O)S. The van der Waals surface area contributed by atoms with Gasteiger partial charge < -0.3 is 5.73 Å². The minimum atomic E-state index is -3.07. The largest absolute Gasteiger partial charge is 0.330 e. The van der Waals surface area contributed by atoms with E-state index in [2.05, 4.69) is 11.7 Å². The molecule has 0 radical (unpaired) electrons. The van der Waals surface area contributed by atoms with E-state index in [0.717, 1.165) is 0 Å². The summed E-state index contributed by atoms with van der Waals surface area (Å²) < 4.78 is 20.4. The number of rotatable bonds is 3. The van der Waals surface area contributed by atoms with E-state index in [9.17, 15) is 8.42 Å². The highest BCUT2D eigenvalue weighted by Gasteiger charge is 1.99. The van der Waals surface area contributed by atoms with E-state index in [4.69, 9.17) is 5.73 Å². The van der Waals surface area contributed by atoms with E-state index in [1.54, 1.807) is 0 Å². The van der Waals surface area contributed by atoms with Gasteiger partial charge in [-0.05, 0) is 24.6 Å². The average Bonchev–Trinajstić information content (AvgIpc) is 1.59. The first kappa shape index (κ1) is 8.26. The molecule has 0 aliphatic heterocycles. The first-order valence-electron chi connectivity index (χ1n) is 2.21. The topological polar surface area (TPSA) is 60.2 Å². The molecule has 0 bridgehead atoms. The van der Waals surface area contributed by atoms with Crippen molar-refractivity contribution in [2.24, 2.45) is 5.73 Å². The van der Waals surface area contributed by atoms with Gasteiger partial charge in [0, 0.05) is 0 Å². The Balaban J connectivity index is 3.42. The van der Waals surface area contributed by atoms with E-state index in [1.807, 2.05) is 0 Å². The molecule has 0 heterocycles. The molecule has 0 aromatic carbocycles. The fourth-order valence-corrected chi connectivity index (χ4v) is 1.18. The van der Waals surface area contributed by atoms with Gasteiger partial charge in [-0.25, -0.2) is 8.42 Å². The second kappa shape index (κ2) is 3.32. The molecule has 5 heteroatoms. The lowest BCUT2D eigenvalue weighted by atomic mass is 10.5. The Labute approximate surface area is 54.0 Å². The van der Waals surface area contributed by atoms with Crippen molar-refractivity contribution in [3.05, 3.63) is 0 Å². The van der Waals surface area contributed by atoms with Crippen molar-refractivity contribution in [1.29, 1.82) is 0 Å². The molecule has 0 aromatic heterocycles. The summed E-state index contributed by atoms with van der Waals surface area (Å²) in [7, 11) is -3.07. The second-order valence-corrected chi connectivity index (χ2v) is 4.67. The third kappa shape index (κ3) is 6.26. The zero-order valence-corrected chi connectivity index (χ0v) is 6.08. The van der Waals surface area contributed by atoms with Gasteiger partial charge in [0.15, 0.2) is 8.87 Å². The highest BCUT2D eigenvalue weighted by atomic mass is 33.1. The lowest BCUT2D eigenvalue weighted by molar-refractivity contribution is 0.608. The maximum Gasteiger partial charge on any atom is 0.198 e. The van der Waals surface area contributed by atoms with E-state index < -0.39 is 8.87 Å². The van der Waals surface area contributed by atoms with E-state index in [-0.39, 0.29) is 5.75 Å². The third-order valence-electron chi connectivity index (χ3n) is 0.606. The van der Waals surface area contributed by atoms with Crippen LogP contribution in [0.5, 0.6) is 0 Å². The minimum absolute atomic E-state index is 0.0760. The predicted molar refractivity (Wildman–Crippen MR) is 36.4 cm³/mol. The van der Waals surface area contributed by atoms with Crippen molar-refractivity contribution in [3.8, 4) is 0 Å². The molecular formula is C3H9NO2S2. The maximum absolute atomic E-state index is 10.2. The van der Waals surface area contributed by atoms with Gasteiger partial charge in [0.1, 0.15) is 0 Å². The van der Waals surface area contributed by atoms with E-state index in [0.29, 0.717) is 13.0 Å². The van der Waals surface area contributed by atoms with Crippen LogP contribution in [-0.4, -0.2) is 20.7 Å². The lowest BCUT2D eigenvalue weighted by Gasteiger charge is -1.90. The van der Waals surface area contributed by atoms with Crippen LogP contribution < -0.4 is 5.73 Å². The van der Waals surface area contributed by atoms with Crippen molar-refractivity contribution < 1.29 is 8.42 Å². The molecule has 2 N–H and O–H groups in total. The molecule has 0 aromatic rings. The van der Waals surface area contributed by atoms with Gasteiger partial charge in [-0.3, -0.25) is 0 Å². The fraction of sp³-hybridized carbons (Fsp3) is 1.00. The summed E-state index contributed by atoms with van der Waals surface area (Å²) in [6, 6.07) is 0. The molecule has 0 spiro atoms. The summed E-state index contributed by atoms with van der Waals surface area (Å²) >= 11 is 3.31. The highest BCUT2D eigenvalue weighted by Crippen LogP contribution is 1.95. The van der Waals surface area contributed by atoms with Crippen LogP contribution >= 0.6 is 11.7 Å². The van der Waals surface area contributed by atoms with Crippen molar-refractivity contribution in [1.82, 2.24) is 0 Å². The molecule has 0 aliphatic carbocycles. The fourth-order valence-electron chi connectivity index (χ4n) is 0.266. The van der Waals surface area contributed by atoms with Crippen molar-refractivity contribution in [2.75, 3.05) is 12.3 Å². The molecule has 0 amide bonds. The Morgan fingerprint density at radius 2 is 2.00 bits per heavy atom. The number of nitrogens with two attached hydrogens (primary N) is 1. The van der Waals surface area contributed by atoms with Crippen LogP contribution in [0, 0.1) is 0 Å². The van der Waals surface area contributed by atoms with Gasteiger partial charge in [-0.2, -0.15) is 0 Å². The van der Waals surface area contributed by atoms with Crippen LogP contribution in [0.15, 0.2) is 0 Å². The normalized spacial score (nSPS) is 11.8. The van der Waals surface area contributed by atoms with Crippen LogP contribution in [0.25, 0.3) is 0 Å². The Hall–Kier alpha value is 0.260. The monoisotopic (exact) mass is 155 g/mol. The van der Waals surface area contributed by atoms with E-state index in [1.165, 1.54) is 0 Å². The Morgan fingerprint density at radius 1 is 1.50 bits per heavy atom. The van der Waals surface area contributed by atoms with Gasteiger partial charge >= 0.3 is 0 Å². The number of hydrogen-bond acceptors (Lipinski definition) is 3. The van der Waals surface area contributed by atoms with Crippen molar-refractivity contribution >= 4 is 20.5 Å². The number of thiol groups is 1. The summed E-state index contributed by atoms with van der Waals surface area (Å²) in [5.41, 5.74) is 5.04. The molecule has 3 nitrogen and oxygen atoms in total. The Morgan fingerprint density at radius 3 is 2.12 bits per heavy atom. The molecular weight excluding hydrogens is 146 g/mol. The van der Waals surface area contributed by atoms with Gasteiger partial charge in [0.25, 0.3) is 0 Å². The minimum Gasteiger partial charge on any atom is -0.330 e. The van der Waals surface area contributed by atoms with Crippen molar-refractivity contribution in [3.63, 3.8) is 0 Å². The standard InChI is InChI=1S/C3H9NO2S2/c4-2-1-3-8(5,6)7/h1-4H2,(H,5,6,7). The summed E-state index contributed by atoms with van der Waals surface area (Å²) in [6.07, 6.45) is 0.492. The quantitative estimate of drug-likeness (QED) is 0.430. The molecule has 0 aliphatic rings. The van der Waals surface area contributed by atoms with Crippen molar-refractivity contribution in [2.45, 2.75) is 6.42 Å². The summed E-state index contributed by atoms with van der Waals surface area (Å²) in [6.45, 7) is 0.403. The van der Waals surface area contributed by atoms with Crippen LogP contribution in [0.2, 0.25) is 0 Å². The lowest BCUT2D eigenvalue weighted by Crippen LogP contribution is -2.05. The number of hydrogen-bond donors (Lipinski definition) is 2.